The maximum Gasteiger partial charge on any atom is 0.136 e. The van der Waals surface area contributed by atoms with Crippen LogP contribution in [0.25, 0.3) is 77.2 Å². The van der Waals surface area contributed by atoms with Crippen molar-refractivity contribution in [2.75, 3.05) is 4.90 Å². The Labute approximate surface area is 314 Å². The topological polar surface area (TPSA) is 16.4 Å². The minimum absolute atomic E-state index is 0.910. The second kappa shape index (κ2) is 13.4. The van der Waals surface area contributed by atoms with E-state index in [0.29, 0.717) is 0 Å². The van der Waals surface area contributed by atoms with Gasteiger partial charge in [-0.3, -0.25) is 0 Å². The maximum atomic E-state index is 6.27. The molecule has 1 heterocycles. The second-order valence-corrected chi connectivity index (χ2v) is 13.7. The Balaban J connectivity index is 1.16. The second-order valence-electron chi connectivity index (χ2n) is 13.7. The van der Waals surface area contributed by atoms with E-state index in [1.54, 1.807) is 0 Å². The van der Waals surface area contributed by atoms with Crippen molar-refractivity contribution in [2.24, 2.45) is 0 Å². The first-order chi connectivity index (χ1) is 26.8. The average molecular weight is 690 g/mol. The zero-order valence-corrected chi connectivity index (χ0v) is 29.6. The highest BCUT2D eigenvalue weighted by Crippen LogP contribution is 2.44. The first-order valence-electron chi connectivity index (χ1n) is 18.4. The zero-order chi connectivity index (χ0) is 35.8. The highest BCUT2D eigenvalue weighted by Gasteiger charge is 2.20. The van der Waals surface area contributed by atoms with Crippen LogP contribution in [0.1, 0.15) is 0 Å². The maximum absolute atomic E-state index is 6.27. The van der Waals surface area contributed by atoms with Crippen LogP contribution in [0.5, 0.6) is 0 Å². The van der Waals surface area contributed by atoms with Crippen LogP contribution < -0.4 is 4.90 Å². The number of hydrogen-bond donors (Lipinski definition) is 0. The van der Waals surface area contributed by atoms with E-state index in [4.69, 9.17) is 4.42 Å². The highest BCUT2D eigenvalue weighted by molar-refractivity contribution is 6.19. The monoisotopic (exact) mass is 689 g/mol. The summed E-state index contributed by atoms with van der Waals surface area (Å²) in [7, 11) is 0. The highest BCUT2D eigenvalue weighted by atomic mass is 16.3. The Morgan fingerprint density at radius 1 is 0.315 bits per heavy atom. The Morgan fingerprint density at radius 3 is 1.63 bits per heavy atom. The van der Waals surface area contributed by atoms with Crippen LogP contribution >= 0.6 is 0 Å². The van der Waals surface area contributed by atoms with Crippen molar-refractivity contribution in [3.05, 3.63) is 212 Å². The summed E-state index contributed by atoms with van der Waals surface area (Å²) in [6, 6.07) is 76.0. The molecular formula is C52H35NO. The summed E-state index contributed by atoms with van der Waals surface area (Å²) < 4.78 is 6.27. The third kappa shape index (κ3) is 5.71. The van der Waals surface area contributed by atoms with Gasteiger partial charge in [-0.15, -0.1) is 0 Å². The van der Waals surface area contributed by atoms with Crippen molar-refractivity contribution < 1.29 is 4.42 Å². The summed E-state index contributed by atoms with van der Waals surface area (Å²) >= 11 is 0. The number of benzene rings is 9. The van der Waals surface area contributed by atoms with Crippen molar-refractivity contribution >= 4 is 49.8 Å². The van der Waals surface area contributed by atoms with Gasteiger partial charge in [-0.2, -0.15) is 0 Å². The lowest BCUT2D eigenvalue weighted by Crippen LogP contribution is -2.11. The van der Waals surface area contributed by atoms with Gasteiger partial charge < -0.3 is 9.32 Å². The molecule has 2 nitrogen and oxygen atoms in total. The average Bonchev–Trinajstić information content (AvgIpc) is 3.64. The molecule has 54 heavy (non-hydrogen) atoms. The molecule has 0 atom stereocenters. The first kappa shape index (κ1) is 31.6. The minimum Gasteiger partial charge on any atom is -0.456 e. The lowest BCUT2D eigenvalue weighted by Gasteiger charge is -2.29. The summed E-state index contributed by atoms with van der Waals surface area (Å²) in [5.74, 6) is 0. The van der Waals surface area contributed by atoms with Gasteiger partial charge in [-0.05, 0) is 104 Å². The molecule has 10 aromatic rings. The third-order valence-electron chi connectivity index (χ3n) is 10.5. The molecule has 0 fully saturated rings. The molecule has 0 bridgehead atoms. The number of furan rings is 1. The van der Waals surface area contributed by atoms with Crippen LogP contribution in [0, 0.1) is 0 Å². The van der Waals surface area contributed by atoms with E-state index in [-0.39, 0.29) is 0 Å². The normalized spacial score (nSPS) is 11.3. The first-order valence-corrected chi connectivity index (χ1v) is 18.4. The predicted molar refractivity (Wildman–Crippen MR) is 228 cm³/mol. The van der Waals surface area contributed by atoms with E-state index in [1.807, 2.05) is 12.1 Å². The minimum atomic E-state index is 0.910. The Bertz CT molecular complexity index is 2910. The largest absolute Gasteiger partial charge is 0.456 e. The molecule has 0 unspecified atom stereocenters. The van der Waals surface area contributed by atoms with Crippen LogP contribution in [-0.4, -0.2) is 0 Å². The fourth-order valence-corrected chi connectivity index (χ4v) is 7.80. The molecular weight excluding hydrogens is 655 g/mol. The van der Waals surface area contributed by atoms with Gasteiger partial charge >= 0.3 is 0 Å². The van der Waals surface area contributed by atoms with Gasteiger partial charge in [-0.25, -0.2) is 0 Å². The number of fused-ring (bicyclic) bond motifs is 5. The summed E-state index contributed by atoms with van der Waals surface area (Å²) in [6.07, 6.45) is 0. The van der Waals surface area contributed by atoms with Gasteiger partial charge in [0.2, 0.25) is 0 Å². The lowest BCUT2D eigenvalue weighted by atomic mass is 9.94. The van der Waals surface area contributed by atoms with Crippen molar-refractivity contribution in [1.82, 2.24) is 0 Å². The van der Waals surface area contributed by atoms with Crippen molar-refractivity contribution in [3.8, 4) is 44.5 Å². The van der Waals surface area contributed by atoms with Gasteiger partial charge in [0.05, 0.1) is 5.69 Å². The van der Waals surface area contributed by atoms with Crippen molar-refractivity contribution in [3.63, 3.8) is 0 Å². The molecule has 1 aromatic heterocycles. The van der Waals surface area contributed by atoms with Crippen molar-refractivity contribution in [2.45, 2.75) is 0 Å². The smallest absolute Gasteiger partial charge is 0.136 e. The molecule has 254 valence electrons. The summed E-state index contributed by atoms with van der Waals surface area (Å²) in [5, 5.41) is 4.69. The van der Waals surface area contributed by atoms with E-state index >= 15 is 0 Å². The molecule has 0 saturated carbocycles. The number of anilines is 3. The summed E-state index contributed by atoms with van der Waals surface area (Å²) in [5.41, 5.74) is 14.5. The molecule has 0 N–H and O–H groups in total. The van der Waals surface area contributed by atoms with Crippen LogP contribution in [0.4, 0.5) is 17.1 Å². The van der Waals surface area contributed by atoms with Gasteiger partial charge in [0.1, 0.15) is 11.2 Å². The molecule has 10 rings (SSSR count). The van der Waals surface area contributed by atoms with Crippen molar-refractivity contribution in [1.29, 1.82) is 0 Å². The van der Waals surface area contributed by atoms with E-state index < -0.39 is 0 Å². The molecule has 0 saturated heterocycles. The Hall–Kier alpha value is -7.16. The molecule has 0 aliphatic rings. The van der Waals surface area contributed by atoms with E-state index in [1.165, 1.54) is 33.0 Å². The Kier molecular flexibility index (Phi) is 7.85. The molecule has 0 radical (unpaired) electrons. The third-order valence-corrected chi connectivity index (χ3v) is 10.5. The molecule has 0 amide bonds. The van der Waals surface area contributed by atoms with Crippen LogP contribution in [0.3, 0.4) is 0 Å². The predicted octanol–water partition coefficient (Wildman–Crippen LogP) is 14.9. The SMILES string of the molecule is c1ccc(-c2ccc(N(c3cccc(-c4ccccc4)c3)c3ccc(-c4ccc5ccc6oc7ccccc7c6c5c4)cc3-c3ccccc3)cc2)cc1. The zero-order valence-electron chi connectivity index (χ0n) is 29.6. The van der Waals surface area contributed by atoms with E-state index in [2.05, 4.69) is 205 Å². The van der Waals surface area contributed by atoms with Gasteiger partial charge in [0, 0.05) is 27.7 Å². The fourth-order valence-electron chi connectivity index (χ4n) is 7.80. The van der Waals surface area contributed by atoms with Crippen LogP contribution in [-0.2, 0) is 0 Å². The standard InChI is InChI=1S/C52H35NO/c1-4-13-36(14-5-1)38-25-29-44(30-26-38)53(45-20-12-19-41(33-45)37-15-6-2-7-16-37)49-31-27-43(34-47(49)39-17-8-3-9-18-39)42-24-23-40-28-32-51-52(48(40)35-42)46-21-10-11-22-50(46)54-51/h1-35H. The number of para-hydroxylation sites is 1. The van der Waals surface area contributed by atoms with E-state index in [9.17, 15) is 0 Å². The molecule has 9 aromatic carbocycles. The fraction of sp³-hybridized carbons (Fsp3) is 0. The number of hydrogen-bond acceptors (Lipinski definition) is 2. The molecule has 2 heteroatoms. The molecule has 0 spiro atoms. The summed E-state index contributed by atoms with van der Waals surface area (Å²) in [6.45, 7) is 0. The number of rotatable bonds is 7. The number of nitrogens with zero attached hydrogens (tertiary/aromatic N) is 1. The van der Waals surface area contributed by atoms with E-state index in [0.717, 1.165) is 61.3 Å². The molecule has 0 aliphatic carbocycles. The summed E-state index contributed by atoms with van der Waals surface area (Å²) in [4.78, 5) is 2.40. The van der Waals surface area contributed by atoms with Crippen LogP contribution in [0.15, 0.2) is 217 Å². The van der Waals surface area contributed by atoms with Crippen LogP contribution in [0.2, 0.25) is 0 Å². The lowest BCUT2D eigenvalue weighted by molar-refractivity contribution is 0.669. The quantitative estimate of drug-likeness (QED) is 0.166. The van der Waals surface area contributed by atoms with Gasteiger partial charge in [0.15, 0.2) is 0 Å². The van der Waals surface area contributed by atoms with Gasteiger partial charge in [-0.1, -0.05) is 158 Å². The molecule has 0 aliphatic heterocycles. The van der Waals surface area contributed by atoms with Gasteiger partial charge in [0.25, 0.3) is 0 Å². The Morgan fingerprint density at radius 2 is 0.870 bits per heavy atom.